The Labute approximate surface area is 147 Å². The monoisotopic (exact) mass is 344 g/mol. The molecule has 0 aliphatic heterocycles. The van der Waals surface area contributed by atoms with Gasteiger partial charge in [-0.1, -0.05) is 78.7 Å². The van der Waals surface area contributed by atoms with E-state index in [0.717, 1.165) is 17.9 Å². The van der Waals surface area contributed by atoms with Crippen LogP contribution in [-0.2, 0) is 0 Å². The van der Waals surface area contributed by atoms with E-state index in [2.05, 4.69) is 36.4 Å². The summed E-state index contributed by atoms with van der Waals surface area (Å²) in [5, 5.41) is 1.57. The summed E-state index contributed by atoms with van der Waals surface area (Å²) in [6, 6.07) is 18.8. The highest BCUT2D eigenvalue weighted by Gasteiger charge is 2.19. The zero-order valence-corrected chi connectivity index (χ0v) is 14.6. The number of hydrogen-bond donors (Lipinski definition) is 1. The molecule has 1 aliphatic carbocycles. The molecule has 0 radical (unpaired) electrons. The van der Waals surface area contributed by atoms with Gasteiger partial charge in [-0.05, 0) is 36.1 Å². The third kappa shape index (κ3) is 4.52. The molecule has 0 saturated heterocycles. The molecule has 23 heavy (non-hydrogen) atoms. The van der Waals surface area contributed by atoms with Gasteiger partial charge in [-0.25, -0.2) is 0 Å². The van der Waals surface area contributed by atoms with Gasteiger partial charge in [0.05, 0.1) is 11.3 Å². The number of amidine groups is 1. The average Bonchev–Trinajstić information content (AvgIpc) is 3.07. The average molecular weight is 345 g/mol. The first-order valence-electron chi connectivity index (χ1n) is 8.03. The number of thioether (sulfide) groups is 1. The van der Waals surface area contributed by atoms with Gasteiger partial charge in [0, 0.05) is 5.02 Å². The van der Waals surface area contributed by atoms with E-state index in [1.165, 1.54) is 24.0 Å². The second kappa shape index (κ2) is 7.89. The van der Waals surface area contributed by atoms with Gasteiger partial charge in [0.1, 0.15) is 0 Å². The molecule has 120 valence electrons. The summed E-state index contributed by atoms with van der Waals surface area (Å²) < 4.78 is 0. The smallest absolute Gasteiger partial charge is 0.155 e. The van der Waals surface area contributed by atoms with E-state index in [4.69, 9.17) is 22.3 Å². The fourth-order valence-electron chi connectivity index (χ4n) is 2.96. The van der Waals surface area contributed by atoms with E-state index in [-0.39, 0.29) is 5.25 Å². The van der Waals surface area contributed by atoms with Crippen molar-refractivity contribution < 1.29 is 0 Å². The van der Waals surface area contributed by atoms with Crippen LogP contribution < -0.4 is 5.73 Å². The number of hydrogen-bond acceptors (Lipinski definition) is 2. The van der Waals surface area contributed by atoms with Crippen LogP contribution in [0.15, 0.2) is 59.6 Å². The second-order valence-corrected chi connectivity index (χ2v) is 7.43. The number of benzene rings is 2. The van der Waals surface area contributed by atoms with Crippen molar-refractivity contribution in [3.8, 4) is 0 Å². The Balaban J connectivity index is 1.84. The highest BCUT2D eigenvalue weighted by Crippen LogP contribution is 2.36. The molecule has 1 saturated carbocycles. The predicted octanol–water partition coefficient (Wildman–Crippen LogP) is 5.42. The maximum absolute atomic E-state index is 6.25. The quantitative estimate of drug-likeness (QED) is 0.594. The Bertz CT molecular complexity index is 649. The lowest BCUT2D eigenvalue weighted by Crippen LogP contribution is -2.14. The van der Waals surface area contributed by atoms with Crippen molar-refractivity contribution in [2.75, 3.05) is 0 Å². The molecule has 0 bridgehead atoms. The minimum absolute atomic E-state index is 0.138. The van der Waals surface area contributed by atoms with Gasteiger partial charge in [0.15, 0.2) is 5.17 Å². The Morgan fingerprint density at radius 2 is 1.61 bits per heavy atom. The molecule has 0 aromatic heterocycles. The van der Waals surface area contributed by atoms with E-state index < -0.39 is 0 Å². The van der Waals surface area contributed by atoms with Crippen molar-refractivity contribution in [3.63, 3.8) is 0 Å². The molecular formula is C19H21ClN2S. The van der Waals surface area contributed by atoms with Crippen LogP contribution in [0, 0.1) is 0 Å². The number of halogens is 1. The predicted molar refractivity (Wildman–Crippen MR) is 101 cm³/mol. The minimum atomic E-state index is 0.138. The van der Waals surface area contributed by atoms with Crippen molar-refractivity contribution in [1.29, 1.82) is 0 Å². The lowest BCUT2D eigenvalue weighted by atomic mass is 10.0. The molecule has 0 unspecified atom stereocenters. The van der Waals surface area contributed by atoms with Gasteiger partial charge in [-0.3, -0.25) is 4.99 Å². The number of aliphatic imine (C=N–C) groups is 1. The zero-order chi connectivity index (χ0) is 16.1. The molecule has 1 fully saturated rings. The van der Waals surface area contributed by atoms with Crippen LogP contribution in [0.25, 0.3) is 0 Å². The standard InChI is InChI=1S/C19H21ClN2S/c20-16-12-10-15(11-13-16)18(14-6-2-1-3-7-14)23-19(21)22-17-8-4-5-9-17/h1-3,6-7,10-13,17-18H,4-5,8-9H2,(H2,21,22)/t18-/m1/s1. The van der Waals surface area contributed by atoms with Crippen LogP contribution in [0.2, 0.25) is 5.02 Å². The fourth-order valence-corrected chi connectivity index (χ4v) is 4.12. The van der Waals surface area contributed by atoms with Gasteiger partial charge in [-0.15, -0.1) is 0 Å². The molecule has 4 heteroatoms. The van der Waals surface area contributed by atoms with Gasteiger partial charge >= 0.3 is 0 Å². The summed E-state index contributed by atoms with van der Waals surface area (Å²) in [7, 11) is 0. The summed E-state index contributed by atoms with van der Waals surface area (Å²) in [5.41, 5.74) is 8.66. The maximum atomic E-state index is 6.25. The van der Waals surface area contributed by atoms with E-state index in [1.807, 2.05) is 18.2 Å². The molecule has 1 aliphatic rings. The van der Waals surface area contributed by atoms with Crippen LogP contribution in [0.3, 0.4) is 0 Å². The molecule has 2 N–H and O–H groups in total. The topological polar surface area (TPSA) is 38.4 Å². The van der Waals surface area contributed by atoms with Crippen molar-refractivity contribution >= 4 is 28.5 Å². The first kappa shape index (κ1) is 16.4. The Morgan fingerprint density at radius 3 is 2.26 bits per heavy atom. The highest BCUT2D eigenvalue weighted by atomic mass is 35.5. The van der Waals surface area contributed by atoms with Crippen LogP contribution in [-0.4, -0.2) is 11.2 Å². The van der Waals surface area contributed by atoms with Crippen LogP contribution in [0.5, 0.6) is 0 Å². The van der Waals surface area contributed by atoms with Crippen molar-refractivity contribution in [2.24, 2.45) is 10.7 Å². The second-order valence-electron chi connectivity index (χ2n) is 5.87. The van der Waals surface area contributed by atoms with Gasteiger partial charge in [0.2, 0.25) is 0 Å². The normalized spacial score (nSPS) is 17.3. The van der Waals surface area contributed by atoms with Crippen LogP contribution in [0.4, 0.5) is 0 Å². The summed E-state index contributed by atoms with van der Waals surface area (Å²) in [4.78, 5) is 4.72. The van der Waals surface area contributed by atoms with E-state index in [1.54, 1.807) is 11.8 Å². The maximum Gasteiger partial charge on any atom is 0.155 e. The first-order chi connectivity index (χ1) is 11.2. The Kier molecular flexibility index (Phi) is 5.63. The number of rotatable bonds is 4. The van der Waals surface area contributed by atoms with Crippen LogP contribution >= 0.6 is 23.4 Å². The van der Waals surface area contributed by atoms with Crippen molar-refractivity contribution in [2.45, 2.75) is 37.0 Å². The van der Waals surface area contributed by atoms with Crippen LogP contribution in [0.1, 0.15) is 42.1 Å². The zero-order valence-electron chi connectivity index (χ0n) is 13.0. The largest absolute Gasteiger partial charge is 0.379 e. The lowest BCUT2D eigenvalue weighted by Gasteiger charge is -2.18. The Hall–Kier alpha value is -1.45. The third-order valence-corrected chi connectivity index (χ3v) is 5.53. The minimum Gasteiger partial charge on any atom is -0.379 e. The molecule has 2 aromatic carbocycles. The van der Waals surface area contributed by atoms with Crippen molar-refractivity contribution in [3.05, 3.63) is 70.7 Å². The van der Waals surface area contributed by atoms with E-state index in [0.29, 0.717) is 11.2 Å². The number of nitrogens with two attached hydrogens (primary N) is 1. The third-order valence-electron chi connectivity index (χ3n) is 4.15. The lowest BCUT2D eigenvalue weighted by molar-refractivity contribution is 0.708. The highest BCUT2D eigenvalue weighted by molar-refractivity contribution is 8.14. The molecule has 2 nitrogen and oxygen atoms in total. The summed E-state index contributed by atoms with van der Waals surface area (Å²) in [5.74, 6) is 0. The number of nitrogens with zero attached hydrogens (tertiary/aromatic N) is 1. The SMILES string of the molecule is NC(=NC1CCCC1)S[C@H](c1ccccc1)c1ccc(Cl)cc1. The molecule has 2 aromatic rings. The molecule has 3 rings (SSSR count). The Morgan fingerprint density at radius 1 is 1.00 bits per heavy atom. The molecule has 0 amide bonds. The molecule has 0 spiro atoms. The molecule has 0 heterocycles. The van der Waals surface area contributed by atoms with Gasteiger partial charge in [-0.2, -0.15) is 0 Å². The fraction of sp³-hybridized carbons (Fsp3) is 0.316. The van der Waals surface area contributed by atoms with E-state index in [9.17, 15) is 0 Å². The summed E-state index contributed by atoms with van der Waals surface area (Å²) in [6.45, 7) is 0. The molecule has 1 atom stereocenters. The molecular weight excluding hydrogens is 324 g/mol. The summed E-state index contributed by atoms with van der Waals surface area (Å²) in [6.07, 6.45) is 4.87. The first-order valence-corrected chi connectivity index (χ1v) is 9.28. The van der Waals surface area contributed by atoms with E-state index >= 15 is 0 Å². The summed E-state index contributed by atoms with van der Waals surface area (Å²) >= 11 is 7.65. The van der Waals surface area contributed by atoms with Crippen molar-refractivity contribution in [1.82, 2.24) is 0 Å². The van der Waals surface area contributed by atoms with Gasteiger partial charge in [0.25, 0.3) is 0 Å². The van der Waals surface area contributed by atoms with Gasteiger partial charge < -0.3 is 5.73 Å².